The molecule has 2 heterocycles. The van der Waals surface area contributed by atoms with E-state index in [4.69, 9.17) is 4.43 Å². The summed E-state index contributed by atoms with van der Waals surface area (Å²) in [5.74, 6) is -0.0915. The average molecular weight is 597 g/mol. The van der Waals surface area contributed by atoms with Crippen LogP contribution in [0.1, 0.15) is 54.7 Å². The second-order valence-corrected chi connectivity index (χ2v) is 18.7. The van der Waals surface area contributed by atoms with E-state index in [9.17, 15) is 14.4 Å². The molecule has 0 bridgehead atoms. The summed E-state index contributed by atoms with van der Waals surface area (Å²) in [6.45, 7) is 13.7. The summed E-state index contributed by atoms with van der Waals surface area (Å²) in [7, 11) is 3.44. The quantitative estimate of drug-likeness (QED) is 0.346. The van der Waals surface area contributed by atoms with Crippen molar-refractivity contribution in [3.63, 3.8) is 0 Å². The summed E-state index contributed by atoms with van der Waals surface area (Å²) in [6.07, 6.45) is 1.36. The van der Waals surface area contributed by atoms with Crippen molar-refractivity contribution >= 4 is 41.7 Å². The molecule has 2 atom stereocenters. The van der Waals surface area contributed by atoms with Crippen LogP contribution in [0.5, 0.6) is 0 Å². The highest BCUT2D eigenvalue weighted by molar-refractivity contribution is 7.16. The largest absolute Gasteiger partial charge is 0.413 e. The molecule has 1 aliphatic heterocycles. The molecule has 0 spiro atoms. The zero-order chi connectivity index (χ0) is 30.1. The minimum atomic E-state index is -1.89. The maximum absolute atomic E-state index is 13.7. The third-order valence-electron chi connectivity index (χ3n) is 8.55. The lowest BCUT2D eigenvalue weighted by atomic mass is 10.0. The highest BCUT2D eigenvalue weighted by Crippen LogP contribution is 2.38. The predicted molar refractivity (Wildman–Crippen MR) is 169 cm³/mol. The number of carbonyl (C=O) groups is 2. The number of thiazole rings is 1. The van der Waals surface area contributed by atoms with E-state index in [0.717, 1.165) is 40.9 Å². The number of amides is 2. The van der Waals surface area contributed by atoms with Crippen molar-refractivity contribution in [2.24, 2.45) is 0 Å². The number of aromatic amines is 1. The van der Waals surface area contributed by atoms with Crippen molar-refractivity contribution in [3.8, 4) is 0 Å². The molecule has 1 saturated heterocycles. The molecule has 10 heteroatoms. The number of aromatic nitrogens is 1. The van der Waals surface area contributed by atoms with Gasteiger partial charge in [-0.05, 0) is 59.9 Å². The van der Waals surface area contributed by atoms with E-state index < -0.39 is 8.32 Å². The smallest absolute Gasteiger partial charge is 0.305 e. The Hall–Kier alpha value is -2.79. The van der Waals surface area contributed by atoms with Gasteiger partial charge in [0.1, 0.15) is 0 Å². The number of hydrogen-bond donors (Lipinski definition) is 1. The van der Waals surface area contributed by atoms with Gasteiger partial charge in [0.25, 0.3) is 5.91 Å². The Morgan fingerprint density at radius 1 is 1.15 bits per heavy atom. The zero-order valence-corrected chi connectivity index (χ0v) is 27.4. The summed E-state index contributed by atoms with van der Waals surface area (Å²) < 4.78 is 7.60. The summed E-state index contributed by atoms with van der Waals surface area (Å²) in [6, 6.07) is 13.1. The van der Waals surface area contributed by atoms with Gasteiger partial charge in [-0.25, -0.2) is 0 Å². The molecule has 1 aliphatic rings. The molecule has 3 aromatic rings. The topological polar surface area (TPSA) is 85.9 Å². The van der Waals surface area contributed by atoms with Crippen molar-refractivity contribution in [1.82, 2.24) is 19.7 Å². The number of benzene rings is 2. The summed E-state index contributed by atoms with van der Waals surface area (Å²) in [5.41, 5.74) is 3.14. The Balaban J connectivity index is 1.56. The highest BCUT2D eigenvalue weighted by atomic mass is 32.1. The van der Waals surface area contributed by atoms with Crippen LogP contribution in [0, 0.1) is 0 Å². The molecule has 0 saturated carbocycles. The van der Waals surface area contributed by atoms with Gasteiger partial charge < -0.3 is 19.2 Å². The van der Waals surface area contributed by atoms with Gasteiger partial charge in [-0.3, -0.25) is 19.3 Å². The number of fused-ring (bicyclic) bond motifs is 1. The monoisotopic (exact) mass is 596 g/mol. The van der Waals surface area contributed by atoms with Crippen LogP contribution < -0.4 is 4.87 Å². The molecular formula is C31H44N4O4SSi. The van der Waals surface area contributed by atoms with E-state index >= 15 is 0 Å². The number of nitrogens with one attached hydrogen (secondary N) is 1. The Morgan fingerprint density at radius 2 is 1.88 bits per heavy atom. The van der Waals surface area contributed by atoms with Crippen LogP contribution in [0.25, 0.3) is 10.2 Å². The highest BCUT2D eigenvalue weighted by Gasteiger charge is 2.41. The molecule has 8 nitrogen and oxygen atoms in total. The van der Waals surface area contributed by atoms with Crippen LogP contribution in [0.3, 0.4) is 0 Å². The molecule has 222 valence electrons. The Kier molecular flexibility index (Phi) is 9.28. The molecule has 1 aromatic heterocycles. The van der Waals surface area contributed by atoms with E-state index in [1.165, 1.54) is 11.3 Å². The molecule has 1 N–H and O–H groups in total. The van der Waals surface area contributed by atoms with Gasteiger partial charge in [0.15, 0.2) is 8.32 Å². The predicted octanol–water partition coefficient (Wildman–Crippen LogP) is 5.13. The van der Waals surface area contributed by atoms with Crippen LogP contribution in [-0.4, -0.2) is 86.7 Å². The number of likely N-dealkylation sites (N-methyl/N-ethyl adjacent to an activating group) is 1. The SMILES string of the molecule is CN(C)C(=O)c1cccc([C@@H](CN2CC[C@H](O[Si](C)(C)C(C)(C)C)C2)N(C)C(=O)Cc2ccc3sc(=O)[nH]c3c2)c1. The number of hydrogen-bond acceptors (Lipinski definition) is 6. The first-order valence-corrected chi connectivity index (χ1v) is 18.0. The number of carbonyl (C=O) groups excluding carboxylic acids is 2. The van der Waals surface area contributed by atoms with E-state index in [2.05, 4.69) is 43.7 Å². The Morgan fingerprint density at radius 3 is 2.56 bits per heavy atom. The van der Waals surface area contributed by atoms with E-state index in [1.807, 2.05) is 54.4 Å². The minimum absolute atomic E-state index is 0.0236. The number of rotatable bonds is 9. The molecule has 0 unspecified atom stereocenters. The average Bonchev–Trinajstić information content (AvgIpc) is 3.49. The lowest BCUT2D eigenvalue weighted by Crippen LogP contribution is -2.45. The minimum Gasteiger partial charge on any atom is -0.413 e. The van der Waals surface area contributed by atoms with Crippen LogP contribution >= 0.6 is 11.3 Å². The second-order valence-electron chi connectivity index (χ2n) is 12.9. The van der Waals surface area contributed by atoms with Crippen molar-refractivity contribution in [3.05, 3.63) is 68.8 Å². The molecule has 0 radical (unpaired) electrons. The Labute approximate surface area is 248 Å². The normalized spacial score (nSPS) is 17.1. The van der Waals surface area contributed by atoms with Crippen molar-refractivity contribution in [1.29, 1.82) is 0 Å². The van der Waals surface area contributed by atoms with Gasteiger partial charge >= 0.3 is 4.87 Å². The van der Waals surface area contributed by atoms with Crippen molar-refractivity contribution in [2.75, 3.05) is 40.8 Å². The molecule has 1 fully saturated rings. The molecule has 0 aliphatic carbocycles. The first kappa shape index (κ1) is 31.1. The number of H-pyrrole nitrogens is 1. The third kappa shape index (κ3) is 7.35. The van der Waals surface area contributed by atoms with Gasteiger partial charge in [0.05, 0.1) is 28.8 Å². The van der Waals surface area contributed by atoms with Gasteiger partial charge in [-0.1, -0.05) is 50.3 Å². The summed E-state index contributed by atoms with van der Waals surface area (Å²) in [4.78, 5) is 46.7. The number of likely N-dealkylation sites (tertiary alicyclic amines) is 1. The van der Waals surface area contributed by atoms with Crippen LogP contribution in [0.2, 0.25) is 18.1 Å². The molecule has 2 amide bonds. The molecular weight excluding hydrogens is 553 g/mol. The fourth-order valence-electron chi connectivity index (χ4n) is 5.07. The van der Waals surface area contributed by atoms with Gasteiger partial charge in [-0.2, -0.15) is 0 Å². The van der Waals surface area contributed by atoms with Crippen molar-refractivity contribution in [2.45, 2.75) is 63.9 Å². The second kappa shape index (κ2) is 12.2. The lowest BCUT2D eigenvalue weighted by Gasteiger charge is -2.38. The molecule has 2 aromatic carbocycles. The molecule has 4 rings (SSSR count). The Bertz CT molecular complexity index is 1460. The van der Waals surface area contributed by atoms with Gasteiger partial charge in [-0.15, -0.1) is 0 Å². The fraction of sp³-hybridized carbons (Fsp3) is 0.516. The van der Waals surface area contributed by atoms with Crippen molar-refractivity contribution < 1.29 is 14.0 Å². The maximum Gasteiger partial charge on any atom is 0.305 e. The van der Waals surface area contributed by atoms with Gasteiger partial charge in [0, 0.05) is 46.3 Å². The number of nitrogens with zero attached hydrogens (tertiary/aromatic N) is 3. The first-order chi connectivity index (χ1) is 19.1. The lowest BCUT2D eigenvalue weighted by molar-refractivity contribution is -0.131. The third-order valence-corrected chi connectivity index (χ3v) is 14.0. The summed E-state index contributed by atoms with van der Waals surface area (Å²) >= 11 is 1.17. The first-order valence-electron chi connectivity index (χ1n) is 14.2. The fourth-order valence-corrected chi connectivity index (χ4v) is 7.16. The summed E-state index contributed by atoms with van der Waals surface area (Å²) in [5, 5.41) is 0.147. The van der Waals surface area contributed by atoms with Crippen LogP contribution in [0.15, 0.2) is 47.3 Å². The standard InChI is InChI=1S/C31H44N4O4SSi/c1-31(2,3)41(7,8)39-24-14-15-35(19-24)20-26(22-10-9-11-23(18-22)29(37)33(4)5)34(6)28(36)17-21-12-13-27-25(16-21)32-30(38)40-27/h9-13,16,18,24,26H,14-15,17,19-20H2,1-8H3,(H,32,38)/t24-,26+/m0/s1. The van der Waals surface area contributed by atoms with Gasteiger partial charge in [0.2, 0.25) is 5.91 Å². The van der Waals surface area contributed by atoms with E-state index in [-0.39, 0.29) is 40.3 Å². The maximum atomic E-state index is 13.7. The molecule has 41 heavy (non-hydrogen) atoms. The zero-order valence-electron chi connectivity index (χ0n) is 25.6. The van der Waals surface area contributed by atoms with Crippen LogP contribution in [0.4, 0.5) is 0 Å². The van der Waals surface area contributed by atoms with E-state index in [1.54, 1.807) is 19.0 Å². The van der Waals surface area contributed by atoms with Crippen LogP contribution in [-0.2, 0) is 15.6 Å². The van der Waals surface area contributed by atoms with E-state index in [0.29, 0.717) is 12.1 Å².